The van der Waals surface area contributed by atoms with Crippen molar-refractivity contribution in [3.8, 4) is 11.3 Å². The molecule has 11 heavy (non-hydrogen) atoms. The Morgan fingerprint density at radius 1 is 1.27 bits per heavy atom. The average molecular weight is 143 g/mol. The van der Waals surface area contributed by atoms with Gasteiger partial charge in [0.15, 0.2) is 0 Å². The van der Waals surface area contributed by atoms with E-state index < -0.39 is 0 Å². The van der Waals surface area contributed by atoms with E-state index in [0.29, 0.717) is 0 Å². The zero-order chi connectivity index (χ0) is 7.52. The van der Waals surface area contributed by atoms with Gasteiger partial charge in [-0.1, -0.05) is 0 Å². The molecule has 0 spiro atoms. The molecule has 0 aliphatic carbocycles. The van der Waals surface area contributed by atoms with Gasteiger partial charge in [0, 0.05) is 23.7 Å². The maximum atomic E-state index is 3.90. The Morgan fingerprint density at radius 3 is 2.91 bits per heavy atom. The summed E-state index contributed by atoms with van der Waals surface area (Å²) in [6.07, 6.45) is 6.49. The van der Waals surface area contributed by atoms with Crippen LogP contribution in [0.1, 0.15) is 0 Å². The molecule has 0 bridgehead atoms. The van der Waals surface area contributed by atoms with E-state index in [-0.39, 0.29) is 0 Å². The molecule has 1 N–H and O–H groups in total. The van der Waals surface area contributed by atoms with Crippen molar-refractivity contribution in [2.45, 2.75) is 0 Å². The van der Waals surface area contributed by atoms with Gasteiger partial charge in [-0.25, -0.2) is 0 Å². The van der Waals surface area contributed by atoms with Gasteiger partial charge in [-0.3, -0.25) is 4.98 Å². The predicted molar refractivity (Wildman–Crippen MR) is 42.9 cm³/mol. The van der Waals surface area contributed by atoms with Crippen molar-refractivity contribution in [2.24, 2.45) is 0 Å². The van der Waals surface area contributed by atoms with Crippen LogP contribution in [0.25, 0.3) is 11.3 Å². The number of aromatic nitrogens is 2. The SMILES string of the molecule is [c]1ncccc1-c1ccc[nH]1. The molecule has 2 rings (SSSR count). The van der Waals surface area contributed by atoms with Crippen molar-refractivity contribution in [2.75, 3.05) is 0 Å². The van der Waals surface area contributed by atoms with E-state index in [2.05, 4.69) is 16.2 Å². The summed E-state index contributed by atoms with van der Waals surface area (Å²) in [6, 6.07) is 7.81. The van der Waals surface area contributed by atoms with Gasteiger partial charge in [0.05, 0.1) is 6.20 Å². The van der Waals surface area contributed by atoms with Gasteiger partial charge in [-0.2, -0.15) is 0 Å². The highest BCUT2D eigenvalue weighted by Gasteiger charge is 1.94. The molecule has 0 fully saturated rings. The number of hydrogen-bond acceptors (Lipinski definition) is 1. The lowest BCUT2D eigenvalue weighted by molar-refractivity contribution is 1.29. The first kappa shape index (κ1) is 6.16. The van der Waals surface area contributed by atoms with Crippen LogP contribution in [-0.2, 0) is 0 Å². The highest BCUT2D eigenvalue weighted by atomic mass is 14.7. The second kappa shape index (κ2) is 2.58. The van der Waals surface area contributed by atoms with Crippen molar-refractivity contribution in [1.82, 2.24) is 9.97 Å². The van der Waals surface area contributed by atoms with Crippen LogP contribution in [-0.4, -0.2) is 9.97 Å². The van der Waals surface area contributed by atoms with E-state index in [9.17, 15) is 0 Å². The van der Waals surface area contributed by atoms with Gasteiger partial charge in [0.1, 0.15) is 0 Å². The lowest BCUT2D eigenvalue weighted by Crippen LogP contribution is -1.77. The molecule has 0 saturated carbocycles. The third kappa shape index (κ3) is 1.15. The van der Waals surface area contributed by atoms with E-state index >= 15 is 0 Å². The number of aromatic amines is 1. The van der Waals surface area contributed by atoms with Gasteiger partial charge in [0.2, 0.25) is 0 Å². The Morgan fingerprint density at radius 2 is 2.27 bits per heavy atom. The van der Waals surface area contributed by atoms with Crippen molar-refractivity contribution in [3.63, 3.8) is 0 Å². The first-order valence-electron chi connectivity index (χ1n) is 3.43. The summed E-state index contributed by atoms with van der Waals surface area (Å²) in [7, 11) is 0. The normalized spacial score (nSPS) is 9.82. The molecular formula is C9H7N2. The summed E-state index contributed by atoms with van der Waals surface area (Å²) in [4.78, 5) is 6.98. The first-order chi connectivity index (χ1) is 5.47. The van der Waals surface area contributed by atoms with Crippen LogP contribution in [0.3, 0.4) is 0 Å². The van der Waals surface area contributed by atoms with Crippen molar-refractivity contribution in [3.05, 3.63) is 42.9 Å². The number of nitrogens with zero attached hydrogens (tertiary/aromatic N) is 1. The molecule has 2 nitrogen and oxygen atoms in total. The lowest BCUT2D eigenvalue weighted by Gasteiger charge is -1.92. The van der Waals surface area contributed by atoms with Gasteiger partial charge < -0.3 is 4.98 Å². The molecule has 1 radical (unpaired) electrons. The standard InChI is InChI=1S/C9H7N2/c1-3-8(7-10-5-1)9-4-2-6-11-9/h1-6,11H. The molecular weight excluding hydrogens is 136 g/mol. The predicted octanol–water partition coefficient (Wildman–Crippen LogP) is 1.88. The van der Waals surface area contributed by atoms with Crippen LogP contribution in [0.15, 0.2) is 36.7 Å². The molecule has 2 aromatic rings. The molecule has 0 unspecified atom stereocenters. The number of pyridine rings is 1. The quantitative estimate of drug-likeness (QED) is 0.648. The van der Waals surface area contributed by atoms with E-state index in [0.717, 1.165) is 11.3 Å². The fourth-order valence-electron chi connectivity index (χ4n) is 0.974. The summed E-state index contributed by atoms with van der Waals surface area (Å²) in [6.45, 7) is 0. The first-order valence-corrected chi connectivity index (χ1v) is 3.43. The van der Waals surface area contributed by atoms with Gasteiger partial charge in [-0.15, -0.1) is 0 Å². The van der Waals surface area contributed by atoms with E-state index in [1.165, 1.54) is 0 Å². The van der Waals surface area contributed by atoms with Crippen LogP contribution >= 0.6 is 0 Å². The summed E-state index contributed by atoms with van der Waals surface area (Å²) in [5.74, 6) is 0. The smallest absolute Gasteiger partial charge is 0.0986 e. The molecule has 0 aliphatic rings. The van der Waals surface area contributed by atoms with Crippen LogP contribution in [0.4, 0.5) is 0 Å². The monoisotopic (exact) mass is 143 g/mol. The summed E-state index contributed by atoms with van der Waals surface area (Å²) < 4.78 is 0. The molecule has 0 aliphatic heterocycles. The molecule has 0 atom stereocenters. The number of rotatable bonds is 1. The van der Waals surface area contributed by atoms with E-state index in [1.807, 2.05) is 30.5 Å². The highest BCUT2D eigenvalue weighted by molar-refractivity contribution is 5.56. The van der Waals surface area contributed by atoms with Crippen molar-refractivity contribution < 1.29 is 0 Å². The van der Waals surface area contributed by atoms with Gasteiger partial charge in [0.25, 0.3) is 0 Å². The summed E-state index contributed by atoms with van der Waals surface area (Å²) in [5.41, 5.74) is 2.05. The van der Waals surface area contributed by atoms with Crippen LogP contribution < -0.4 is 0 Å². The fraction of sp³-hybridized carbons (Fsp3) is 0. The zero-order valence-electron chi connectivity index (χ0n) is 5.91. The molecule has 2 heterocycles. The topological polar surface area (TPSA) is 28.7 Å². The molecule has 0 saturated heterocycles. The maximum Gasteiger partial charge on any atom is 0.0986 e. The average Bonchev–Trinajstić information content (AvgIpc) is 2.58. The number of hydrogen-bond donors (Lipinski definition) is 1. The van der Waals surface area contributed by atoms with Crippen molar-refractivity contribution in [1.29, 1.82) is 0 Å². The van der Waals surface area contributed by atoms with Crippen molar-refractivity contribution >= 4 is 0 Å². The number of H-pyrrole nitrogens is 1. The Balaban J connectivity index is 2.46. The maximum absolute atomic E-state index is 3.90. The third-order valence-electron chi connectivity index (χ3n) is 1.50. The molecule has 0 aromatic carbocycles. The minimum atomic E-state index is 0.998. The lowest BCUT2D eigenvalue weighted by atomic mass is 10.2. The minimum Gasteiger partial charge on any atom is -0.361 e. The van der Waals surface area contributed by atoms with Crippen LogP contribution in [0.5, 0.6) is 0 Å². The molecule has 2 heteroatoms. The largest absolute Gasteiger partial charge is 0.361 e. The molecule has 0 amide bonds. The molecule has 2 aromatic heterocycles. The highest BCUT2D eigenvalue weighted by Crippen LogP contribution is 2.13. The Labute approximate surface area is 64.9 Å². The summed E-state index contributed by atoms with van der Waals surface area (Å²) >= 11 is 0. The second-order valence-electron chi connectivity index (χ2n) is 2.25. The Hall–Kier alpha value is -1.57. The van der Waals surface area contributed by atoms with Crippen LogP contribution in [0, 0.1) is 6.20 Å². The Kier molecular flexibility index (Phi) is 1.44. The number of nitrogens with one attached hydrogen (secondary N) is 1. The Bertz CT molecular complexity index is 311. The van der Waals surface area contributed by atoms with E-state index in [4.69, 9.17) is 0 Å². The zero-order valence-corrected chi connectivity index (χ0v) is 5.91. The van der Waals surface area contributed by atoms with Gasteiger partial charge in [-0.05, 0) is 24.3 Å². The third-order valence-corrected chi connectivity index (χ3v) is 1.50. The second-order valence-corrected chi connectivity index (χ2v) is 2.25. The van der Waals surface area contributed by atoms with Gasteiger partial charge >= 0.3 is 0 Å². The van der Waals surface area contributed by atoms with E-state index in [1.54, 1.807) is 6.20 Å². The van der Waals surface area contributed by atoms with Crippen LogP contribution in [0.2, 0.25) is 0 Å². The molecule has 53 valence electrons. The summed E-state index contributed by atoms with van der Waals surface area (Å²) in [5, 5.41) is 0. The minimum absolute atomic E-state index is 0.998. The fourth-order valence-corrected chi connectivity index (χ4v) is 0.974.